The van der Waals surface area contributed by atoms with Gasteiger partial charge in [0.15, 0.2) is 6.10 Å². The van der Waals surface area contributed by atoms with Crippen molar-refractivity contribution in [1.82, 2.24) is 0 Å². The molecule has 0 aromatic rings. The van der Waals surface area contributed by atoms with Gasteiger partial charge in [0.05, 0.1) is 0 Å². The molecule has 6 nitrogen and oxygen atoms in total. The molecule has 1 atom stereocenters. The van der Waals surface area contributed by atoms with E-state index in [-0.39, 0.29) is 31.1 Å². The molecule has 0 amide bonds. The highest BCUT2D eigenvalue weighted by atomic mass is 16.6. The fraction of sp³-hybridized carbons (Fsp3) is 0.909. The summed E-state index contributed by atoms with van der Waals surface area (Å²) in [5.74, 6) is -0.857. The molecule has 0 saturated carbocycles. The number of carbonyl (C=O) groups is 3. The van der Waals surface area contributed by atoms with Gasteiger partial charge in [-0.05, 0) is 44.9 Å². The first kappa shape index (κ1) is 59.1. The first-order valence-electron chi connectivity index (χ1n) is 27.2. The quantitative estimate of drug-likeness (QED) is 0.0262. The van der Waals surface area contributed by atoms with E-state index in [2.05, 4.69) is 32.9 Å². The van der Waals surface area contributed by atoms with Gasteiger partial charge in [-0.25, -0.2) is 0 Å². The largest absolute Gasteiger partial charge is 0.462 e. The third-order valence-corrected chi connectivity index (χ3v) is 12.3. The summed E-state index contributed by atoms with van der Waals surface area (Å²) in [7, 11) is 0. The lowest BCUT2D eigenvalue weighted by Gasteiger charge is -2.18. The number of hydrogen-bond acceptors (Lipinski definition) is 6. The minimum Gasteiger partial charge on any atom is -0.462 e. The lowest BCUT2D eigenvalue weighted by atomic mass is 10.0. The Morgan fingerprint density at radius 3 is 0.836 bits per heavy atom. The maximum atomic E-state index is 12.8. The number of allylic oxidation sites excluding steroid dienone is 2. The molecule has 0 heterocycles. The molecule has 0 aromatic carbocycles. The Kier molecular flexibility index (Phi) is 49.3. The monoisotopic (exact) mass is 861 g/mol. The Balaban J connectivity index is 4.30. The van der Waals surface area contributed by atoms with E-state index in [1.807, 2.05) is 0 Å². The van der Waals surface area contributed by atoms with Gasteiger partial charge in [-0.3, -0.25) is 14.4 Å². The second-order valence-corrected chi connectivity index (χ2v) is 18.5. The van der Waals surface area contributed by atoms with Gasteiger partial charge < -0.3 is 14.2 Å². The summed E-state index contributed by atoms with van der Waals surface area (Å²) >= 11 is 0. The number of carbonyl (C=O) groups excluding carboxylic acids is 3. The van der Waals surface area contributed by atoms with Crippen LogP contribution in [0, 0.1) is 0 Å². The molecule has 0 aliphatic rings. The molecule has 0 fully saturated rings. The lowest BCUT2D eigenvalue weighted by Crippen LogP contribution is -2.30. The average Bonchev–Trinajstić information content (AvgIpc) is 3.26. The van der Waals surface area contributed by atoms with Crippen LogP contribution in [0.1, 0.15) is 303 Å². The van der Waals surface area contributed by atoms with Gasteiger partial charge >= 0.3 is 17.9 Å². The third-order valence-electron chi connectivity index (χ3n) is 12.3. The molecule has 0 unspecified atom stereocenters. The first-order chi connectivity index (χ1) is 30.0. The van der Waals surface area contributed by atoms with Crippen LogP contribution in [-0.2, 0) is 28.6 Å². The fourth-order valence-corrected chi connectivity index (χ4v) is 8.14. The smallest absolute Gasteiger partial charge is 0.306 e. The molecule has 0 aromatic heterocycles. The standard InChI is InChI=1S/C55H104O6/c1-4-7-10-13-16-19-22-25-26-27-28-31-33-36-39-42-45-48-54(57)60-51-52(61-55(58)49-46-43-40-37-34-30-24-21-18-15-12-9-6-3)50-59-53(56)47-44-41-38-35-32-29-23-20-17-14-11-8-5-2/h21,24,52H,4-20,22-23,25-51H2,1-3H3/b24-21+/t52-/m1/s1. The van der Waals surface area contributed by atoms with Crippen molar-refractivity contribution in [1.29, 1.82) is 0 Å². The van der Waals surface area contributed by atoms with Gasteiger partial charge in [-0.15, -0.1) is 0 Å². The molecule has 61 heavy (non-hydrogen) atoms. The van der Waals surface area contributed by atoms with Gasteiger partial charge in [0.1, 0.15) is 13.2 Å². The van der Waals surface area contributed by atoms with Crippen LogP contribution in [0.5, 0.6) is 0 Å². The number of hydrogen-bond donors (Lipinski definition) is 0. The molecule has 0 radical (unpaired) electrons. The maximum absolute atomic E-state index is 12.8. The van der Waals surface area contributed by atoms with Gasteiger partial charge in [-0.2, -0.15) is 0 Å². The van der Waals surface area contributed by atoms with Gasteiger partial charge in [0, 0.05) is 19.3 Å². The predicted molar refractivity (Wildman–Crippen MR) is 261 cm³/mol. The highest BCUT2D eigenvalue weighted by Gasteiger charge is 2.19. The van der Waals surface area contributed by atoms with Crippen LogP contribution in [0.15, 0.2) is 12.2 Å². The van der Waals surface area contributed by atoms with E-state index >= 15 is 0 Å². The summed E-state index contributed by atoms with van der Waals surface area (Å²) in [5.41, 5.74) is 0. The van der Waals surface area contributed by atoms with Crippen molar-refractivity contribution in [2.24, 2.45) is 0 Å². The Hall–Kier alpha value is -1.85. The number of rotatable bonds is 50. The van der Waals surface area contributed by atoms with Crippen LogP contribution in [0.2, 0.25) is 0 Å². The van der Waals surface area contributed by atoms with E-state index in [1.54, 1.807) is 0 Å². The number of esters is 3. The van der Waals surface area contributed by atoms with Gasteiger partial charge in [0.2, 0.25) is 0 Å². The summed E-state index contributed by atoms with van der Waals surface area (Å²) in [4.78, 5) is 38.0. The van der Waals surface area contributed by atoms with Crippen molar-refractivity contribution >= 4 is 17.9 Å². The van der Waals surface area contributed by atoms with Crippen LogP contribution in [0.3, 0.4) is 0 Å². The summed E-state index contributed by atoms with van der Waals surface area (Å²) in [6, 6.07) is 0. The Morgan fingerprint density at radius 1 is 0.311 bits per heavy atom. The zero-order chi connectivity index (χ0) is 44.4. The number of unbranched alkanes of at least 4 members (excludes halogenated alkanes) is 37. The SMILES string of the molecule is CCCCCC/C=C/CCCCCCCC(=O)O[C@H](COC(=O)CCCCCCCCCCCCCCC)COC(=O)CCCCCCCCCCCCCCCCCCC. The third kappa shape index (κ3) is 49.0. The van der Waals surface area contributed by atoms with E-state index in [0.29, 0.717) is 19.3 Å². The molecule has 0 rings (SSSR count). The second kappa shape index (κ2) is 50.8. The van der Waals surface area contributed by atoms with Crippen LogP contribution >= 0.6 is 0 Å². The highest BCUT2D eigenvalue weighted by Crippen LogP contribution is 2.17. The molecule has 360 valence electrons. The van der Waals surface area contributed by atoms with Crippen molar-refractivity contribution in [3.05, 3.63) is 12.2 Å². The molecular formula is C55H104O6. The summed E-state index contributed by atoms with van der Waals surface area (Å²) in [5, 5.41) is 0. The molecule has 0 bridgehead atoms. The van der Waals surface area contributed by atoms with E-state index in [9.17, 15) is 14.4 Å². The van der Waals surface area contributed by atoms with Gasteiger partial charge in [0.25, 0.3) is 0 Å². The molecule has 0 spiro atoms. The van der Waals surface area contributed by atoms with Crippen molar-refractivity contribution in [2.45, 2.75) is 309 Å². The number of ether oxygens (including phenoxy) is 3. The topological polar surface area (TPSA) is 78.9 Å². The minimum absolute atomic E-state index is 0.0678. The Morgan fingerprint density at radius 2 is 0.541 bits per heavy atom. The second-order valence-electron chi connectivity index (χ2n) is 18.5. The lowest BCUT2D eigenvalue weighted by molar-refractivity contribution is -0.167. The molecule has 0 saturated heterocycles. The predicted octanol–water partition coefficient (Wildman–Crippen LogP) is 17.8. The van der Waals surface area contributed by atoms with Crippen LogP contribution in [-0.4, -0.2) is 37.2 Å². The van der Waals surface area contributed by atoms with E-state index in [4.69, 9.17) is 14.2 Å². The van der Waals surface area contributed by atoms with Crippen molar-refractivity contribution < 1.29 is 28.6 Å². The Bertz CT molecular complexity index is 947. The van der Waals surface area contributed by atoms with E-state index in [0.717, 1.165) is 64.2 Å². The van der Waals surface area contributed by atoms with Crippen molar-refractivity contribution in [2.75, 3.05) is 13.2 Å². The summed E-state index contributed by atoms with van der Waals surface area (Å²) in [6.45, 7) is 6.66. The minimum atomic E-state index is -0.767. The van der Waals surface area contributed by atoms with Crippen LogP contribution in [0.25, 0.3) is 0 Å². The average molecular weight is 861 g/mol. The molecule has 0 N–H and O–H groups in total. The highest BCUT2D eigenvalue weighted by molar-refractivity contribution is 5.71. The van der Waals surface area contributed by atoms with Crippen molar-refractivity contribution in [3.63, 3.8) is 0 Å². The molecule has 0 aliphatic carbocycles. The Labute approximate surface area is 380 Å². The maximum Gasteiger partial charge on any atom is 0.306 e. The van der Waals surface area contributed by atoms with Crippen LogP contribution < -0.4 is 0 Å². The zero-order valence-electron chi connectivity index (χ0n) is 41.2. The van der Waals surface area contributed by atoms with Gasteiger partial charge in [-0.1, -0.05) is 251 Å². The molecule has 6 heteroatoms. The van der Waals surface area contributed by atoms with E-state index < -0.39 is 6.10 Å². The van der Waals surface area contributed by atoms with Crippen LogP contribution in [0.4, 0.5) is 0 Å². The zero-order valence-corrected chi connectivity index (χ0v) is 41.2. The van der Waals surface area contributed by atoms with E-state index in [1.165, 1.54) is 199 Å². The summed E-state index contributed by atoms with van der Waals surface area (Å²) < 4.78 is 16.8. The molecular weight excluding hydrogens is 757 g/mol. The summed E-state index contributed by atoms with van der Waals surface area (Å²) in [6.07, 6.45) is 56.2. The normalized spacial score (nSPS) is 12.0. The van der Waals surface area contributed by atoms with Crippen molar-refractivity contribution in [3.8, 4) is 0 Å². The molecule has 0 aliphatic heterocycles. The fourth-order valence-electron chi connectivity index (χ4n) is 8.14. The first-order valence-corrected chi connectivity index (χ1v) is 27.2.